The molecule has 5 nitrogen and oxygen atoms in total. The van der Waals surface area contributed by atoms with Gasteiger partial charge in [0.2, 0.25) is 0 Å². The molecule has 1 N–H and O–H groups in total. The Hall–Kier alpha value is -1.88. The van der Waals surface area contributed by atoms with E-state index >= 15 is 0 Å². The summed E-state index contributed by atoms with van der Waals surface area (Å²) in [5, 5.41) is 8.27. The minimum atomic E-state index is 0.0869. The molecular formula is C17H22N4O. The number of aryl methyl sites for hydroxylation is 1. The third-order valence-electron chi connectivity index (χ3n) is 4.98. The van der Waals surface area contributed by atoms with Crippen molar-refractivity contribution in [2.45, 2.75) is 32.2 Å². The number of nitrogens with one attached hydrogen (secondary N) is 1. The predicted octanol–water partition coefficient (Wildman–Crippen LogP) is 2.18. The Bertz CT molecular complexity index is 708. The molecule has 1 aromatic heterocycles. The van der Waals surface area contributed by atoms with Crippen LogP contribution in [0.3, 0.4) is 0 Å². The average Bonchev–Trinajstić information content (AvgIpc) is 2.87. The summed E-state index contributed by atoms with van der Waals surface area (Å²) in [5.74, 6) is 0.0869. The van der Waals surface area contributed by atoms with E-state index in [0.717, 1.165) is 43.4 Å². The van der Waals surface area contributed by atoms with Crippen LogP contribution in [0.1, 0.15) is 35.3 Å². The molecule has 4 rings (SSSR count). The Morgan fingerprint density at radius 1 is 1.27 bits per heavy atom. The number of aromatic amines is 1. The fraction of sp³-hybridized carbons (Fsp3) is 0.529. The number of hydrogen-bond acceptors (Lipinski definition) is 3. The molecule has 2 saturated heterocycles. The molecule has 0 spiro atoms. The van der Waals surface area contributed by atoms with Gasteiger partial charge in [-0.2, -0.15) is 5.10 Å². The summed E-state index contributed by atoms with van der Waals surface area (Å²) >= 11 is 0. The normalized spacial score (nSPS) is 25.2. The van der Waals surface area contributed by atoms with Gasteiger partial charge in [0.1, 0.15) is 0 Å². The number of hydrogen-bond donors (Lipinski definition) is 1. The molecule has 2 aliphatic heterocycles. The van der Waals surface area contributed by atoms with Gasteiger partial charge in [-0.05, 0) is 50.9 Å². The molecule has 1 amide bonds. The summed E-state index contributed by atoms with van der Waals surface area (Å²) in [6.07, 6.45) is 3.36. The Labute approximate surface area is 130 Å². The number of carbonyl (C=O) groups is 1. The lowest BCUT2D eigenvalue weighted by Gasteiger charge is -2.35. The third-order valence-corrected chi connectivity index (χ3v) is 4.98. The zero-order valence-electron chi connectivity index (χ0n) is 13.0. The van der Waals surface area contributed by atoms with Crippen molar-refractivity contribution in [3.63, 3.8) is 0 Å². The molecule has 0 aliphatic carbocycles. The summed E-state index contributed by atoms with van der Waals surface area (Å²) in [5.41, 5.74) is 2.70. The van der Waals surface area contributed by atoms with E-state index in [1.54, 1.807) is 0 Å². The maximum Gasteiger partial charge on any atom is 0.275 e. The van der Waals surface area contributed by atoms with Gasteiger partial charge in [-0.15, -0.1) is 0 Å². The number of piperidine rings is 1. The number of amides is 1. The highest BCUT2D eigenvalue weighted by Crippen LogP contribution is 2.24. The Balaban J connectivity index is 1.67. The van der Waals surface area contributed by atoms with Crippen LogP contribution < -0.4 is 0 Å². The molecule has 1 aromatic carbocycles. The number of aromatic nitrogens is 2. The molecule has 116 valence electrons. The number of carbonyl (C=O) groups excluding carboxylic acids is 1. The second kappa shape index (κ2) is 5.39. The van der Waals surface area contributed by atoms with Crippen molar-refractivity contribution in [1.82, 2.24) is 20.0 Å². The lowest BCUT2D eigenvalue weighted by molar-refractivity contribution is 0.0625. The lowest BCUT2D eigenvalue weighted by Crippen LogP contribution is -2.47. The van der Waals surface area contributed by atoms with Crippen molar-refractivity contribution in [3.8, 4) is 0 Å². The first-order valence-corrected chi connectivity index (χ1v) is 8.20. The van der Waals surface area contributed by atoms with E-state index in [9.17, 15) is 4.79 Å². The molecule has 2 fully saturated rings. The van der Waals surface area contributed by atoms with Crippen LogP contribution in [0, 0.1) is 6.92 Å². The minimum absolute atomic E-state index is 0.0869. The summed E-state index contributed by atoms with van der Waals surface area (Å²) < 4.78 is 0. The van der Waals surface area contributed by atoms with Crippen molar-refractivity contribution in [2.75, 3.05) is 26.2 Å². The van der Waals surface area contributed by atoms with Crippen molar-refractivity contribution >= 4 is 16.8 Å². The van der Waals surface area contributed by atoms with E-state index in [1.165, 1.54) is 18.5 Å². The highest BCUT2D eigenvalue weighted by molar-refractivity contribution is 6.04. The van der Waals surface area contributed by atoms with Crippen LogP contribution in [0.2, 0.25) is 0 Å². The van der Waals surface area contributed by atoms with Crippen LogP contribution in [0.25, 0.3) is 10.9 Å². The Morgan fingerprint density at radius 3 is 3.05 bits per heavy atom. The van der Waals surface area contributed by atoms with Gasteiger partial charge in [0.05, 0.1) is 5.52 Å². The molecular weight excluding hydrogens is 276 g/mol. The third kappa shape index (κ3) is 2.29. The SMILES string of the molecule is Cc1ccc2c(C(=O)N3CCCN4CCC[C@H]3C4)n[nH]c2c1. The topological polar surface area (TPSA) is 52.2 Å². The van der Waals surface area contributed by atoms with Crippen LogP contribution >= 0.6 is 0 Å². The van der Waals surface area contributed by atoms with Crippen LogP contribution in [-0.4, -0.2) is 58.1 Å². The predicted molar refractivity (Wildman–Crippen MR) is 85.9 cm³/mol. The van der Waals surface area contributed by atoms with Gasteiger partial charge in [-0.25, -0.2) is 0 Å². The molecule has 2 aliphatic rings. The van der Waals surface area contributed by atoms with Crippen LogP contribution in [0.5, 0.6) is 0 Å². The molecule has 0 saturated carbocycles. The zero-order chi connectivity index (χ0) is 15.1. The molecule has 5 heteroatoms. The first-order chi connectivity index (χ1) is 10.7. The maximum atomic E-state index is 13.0. The van der Waals surface area contributed by atoms with Gasteiger partial charge in [0.25, 0.3) is 5.91 Å². The van der Waals surface area contributed by atoms with Crippen molar-refractivity contribution in [2.24, 2.45) is 0 Å². The van der Waals surface area contributed by atoms with Gasteiger partial charge >= 0.3 is 0 Å². The fourth-order valence-electron chi connectivity index (χ4n) is 3.84. The molecule has 3 heterocycles. The summed E-state index contributed by atoms with van der Waals surface area (Å²) in [6, 6.07) is 6.44. The average molecular weight is 298 g/mol. The van der Waals surface area contributed by atoms with Crippen molar-refractivity contribution in [1.29, 1.82) is 0 Å². The van der Waals surface area contributed by atoms with E-state index in [4.69, 9.17) is 0 Å². The maximum absolute atomic E-state index is 13.0. The minimum Gasteiger partial charge on any atom is -0.333 e. The lowest BCUT2D eigenvalue weighted by atomic mass is 10.0. The smallest absolute Gasteiger partial charge is 0.275 e. The fourth-order valence-corrected chi connectivity index (χ4v) is 3.84. The molecule has 1 unspecified atom stereocenters. The first kappa shape index (κ1) is 13.8. The quantitative estimate of drug-likeness (QED) is 0.878. The van der Waals surface area contributed by atoms with Crippen LogP contribution in [0.15, 0.2) is 18.2 Å². The van der Waals surface area contributed by atoms with E-state index < -0.39 is 0 Å². The molecule has 2 aromatic rings. The Morgan fingerprint density at radius 2 is 2.14 bits per heavy atom. The van der Waals surface area contributed by atoms with Gasteiger partial charge < -0.3 is 9.80 Å². The molecule has 0 radical (unpaired) electrons. The Kier molecular flexibility index (Phi) is 3.37. The van der Waals surface area contributed by atoms with Gasteiger partial charge in [-0.3, -0.25) is 9.89 Å². The number of nitrogens with zero attached hydrogens (tertiary/aromatic N) is 3. The molecule has 2 atom stereocenters. The van der Waals surface area contributed by atoms with Crippen molar-refractivity contribution < 1.29 is 4.79 Å². The number of benzene rings is 1. The molecule has 22 heavy (non-hydrogen) atoms. The second-order valence-corrected chi connectivity index (χ2v) is 6.57. The second-order valence-electron chi connectivity index (χ2n) is 6.57. The van der Waals surface area contributed by atoms with E-state index in [0.29, 0.717) is 11.7 Å². The number of rotatable bonds is 1. The van der Waals surface area contributed by atoms with E-state index in [2.05, 4.69) is 20.0 Å². The molecule has 2 bridgehead atoms. The summed E-state index contributed by atoms with van der Waals surface area (Å²) in [7, 11) is 0. The van der Waals surface area contributed by atoms with E-state index in [1.807, 2.05) is 25.1 Å². The summed E-state index contributed by atoms with van der Waals surface area (Å²) in [6.45, 7) is 6.21. The standard InChI is InChI=1S/C17H22N4O/c1-12-5-6-14-15(10-12)18-19-16(14)17(22)21-9-3-8-20-7-2-4-13(21)11-20/h5-6,10,13H,2-4,7-9,11H2,1H3,(H,18,19)/t13-/m0/s1. The largest absolute Gasteiger partial charge is 0.333 e. The summed E-state index contributed by atoms with van der Waals surface area (Å²) in [4.78, 5) is 17.6. The van der Waals surface area contributed by atoms with Crippen LogP contribution in [-0.2, 0) is 0 Å². The van der Waals surface area contributed by atoms with Gasteiger partial charge in [0, 0.05) is 24.5 Å². The monoisotopic (exact) mass is 298 g/mol. The highest BCUT2D eigenvalue weighted by atomic mass is 16.2. The van der Waals surface area contributed by atoms with E-state index in [-0.39, 0.29) is 5.91 Å². The number of fused-ring (bicyclic) bond motifs is 3. The number of H-pyrrole nitrogens is 1. The first-order valence-electron chi connectivity index (χ1n) is 8.20. The van der Waals surface area contributed by atoms with Gasteiger partial charge in [-0.1, -0.05) is 12.1 Å². The van der Waals surface area contributed by atoms with Crippen LogP contribution in [0.4, 0.5) is 0 Å². The highest BCUT2D eigenvalue weighted by Gasteiger charge is 2.32. The zero-order valence-corrected chi connectivity index (χ0v) is 13.0. The van der Waals surface area contributed by atoms with Gasteiger partial charge in [0.15, 0.2) is 5.69 Å². The van der Waals surface area contributed by atoms with Crippen molar-refractivity contribution in [3.05, 3.63) is 29.5 Å².